The number of benzene rings is 4. The average Bonchev–Trinajstić information content (AvgIpc) is 1.53. The van der Waals surface area contributed by atoms with Crippen LogP contribution in [0.15, 0.2) is 44.2 Å². The number of rotatable bonds is 56. The Bertz CT molecular complexity index is 5190. The molecule has 0 spiro atoms. The first-order chi connectivity index (χ1) is 60.7. The van der Waals surface area contributed by atoms with Crippen LogP contribution in [0.2, 0.25) is 20.1 Å². The van der Waals surface area contributed by atoms with Crippen molar-refractivity contribution < 1.29 is 77.6 Å². The van der Waals surface area contributed by atoms with E-state index in [1.165, 1.54) is 0 Å². The predicted octanol–water partition coefficient (Wildman–Crippen LogP) is 24.7. The first-order valence-corrected chi connectivity index (χ1v) is 52.9. The van der Waals surface area contributed by atoms with Gasteiger partial charge in [-0.2, -0.15) is 9.62 Å². The number of aromatic nitrogens is 4. The van der Waals surface area contributed by atoms with Crippen molar-refractivity contribution in [1.82, 2.24) is 24.3 Å². The van der Waals surface area contributed by atoms with Crippen LogP contribution in [0.3, 0.4) is 0 Å². The maximum Gasteiger partial charge on any atom is 0.287 e. The molecule has 4 aliphatic heterocycles. The first kappa shape index (κ1) is 107. The monoisotopic (exact) mass is 1960 g/mol. The fourth-order valence-electron chi connectivity index (χ4n) is 14.9. The second kappa shape index (κ2) is 49.8. The Hall–Kier alpha value is -4.58. The average molecular weight is 1970 g/mol. The Morgan fingerprint density at radius 3 is 1.09 bits per heavy atom. The van der Waals surface area contributed by atoms with E-state index in [9.17, 15) is 0 Å². The van der Waals surface area contributed by atoms with Crippen molar-refractivity contribution in [2.75, 3.05) is 168 Å². The summed E-state index contributed by atoms with van der Waals surface area (Å²) in [6, 6.07) is 0. The number of hydrogen-bond acceptors (Lipinski definition) is 20. The molecule has 6 aromatic rings. The van der Waals surface area contributed by atoms with Crippen LogP contribution in [-0.2, 0) is 18.6 Å². The summed E-state index contributed by atoms with van der Waals surface area (Å²) in [7, 11) is 4.62. The topological polar surface area (TPSA) is 178 Å². The van der Waals surface area contributed by atoms with Gasteiger partial charge in [0.2, 0.25) is 5.82 Å². The third kappa shape index (κ3) is 25.8. The van der Waals surface area contributed by atoms with Crippen molar-refractivity contribution in [3.63, 3.8) is 0 Å². The van der Waals surface area contributed by atoms with Crippen molar-refractivity contribution >= 4 is 155 Å². The van der Waals surface area contributed by atoms with Crippen LogP contribution in [0.25, 0.3) is 43.8 Å². The molecule has 0 saturated carbocycles. The summed E-state index contributed by atoms with van der Waals surface area (Å²) in [5.41, 5.74) is 1.68. The molecule has 0 saturated heterocycles. The Labute approximate surface area is 817 Å². The number of fused-ring (bicyclic) bond motifs is 15. The van der Waals surface area contributed by atoms with Crippen LogP contribution >= 0.6 is 93.5 Å². The van der Waals surface area contributed by atoms with E-state index < -0.39 is 0 Å². The smallest absolute Gasteiger partial charge is 0.287 e. The van der Waals surface area contributed by atoms with Gasteiger partial charge in [-0.15, -0.1) is 52.0 Å². The zero-order valence-corrected chi connectivity index (χ0v) is 89.6. The van der Waals surface area contributed by atoms with E-state index in [1.807, 2.05) is 0 Å². The minimum Gasteiger partial charge on any atom is -1.00 e. The van der Waals surface area contributed by atoms with Gasteiger partial charge in [0.25, 0.3) is 17.3 Å². The van der Waals surface area contributed by atoms with Crippen LogP contribution in [0.1, 0.15) is 232 Å². The summed E-state index contributed by atoms with van der Waals surface area (Å²) in [4.78, 5) is 43.7. The number of ether oxygens (including phenoxy) is 8. The van der Waals surface area contributed by atoms with Crippen LogP contribution < -0.4 is 58.6 Å². The quantitative estimate of drug-likeness (QED) is 0.0199. The van der Waals surface area contributed by atoms with Gasteiger partial charge < -0.3 is 69.5 Å². The van der Waals surface area contributed by atoms with Crippen molar-refractivity contribution in [2.45, 2.75) is 237 Å². The Morgan fingerprint density at radius 2 is 0.695 bits per heavy atom. The SMILES string of the molecule is CCN(CC)CCSc1c(Cl)c(OCCC(C)C)c2c3[n-]c(c2c1OCCC(C)C)=NC1=NC(=Nc2c4c(OCCC(C)C)c(Cl)c(SCCN(CC)CC)c(OCCC(C)C)c4c4nc5c6c(OCCC(C)C)c(Cl)c(SCC[N+](C)(CC)CC)c(OCCC(C)C)c6c([n+]-5on24)N=3)c2c(OCCC(C)C)c(SCC[N+](C)(CC)CC)c(Cl)c(OCCC(C)C)c21.[3H-].[3H-].[V]. The number of quaternary nitrogens is 2. The van der Waals surface area contributed by atoms with Gasteiger partial charge in [0.15, 0.2) is 28.6 Å². The Kier molecular flexibility index (Phi) is 41.6. The molecule has 0 aliphatic carbocycles. The Balaban J connectivity index is 0.00000771. The summed E-state index contributed by atoms with van der Waals surface area (Å²) < 4.78 is 72.7. The molecule has 0 fully saturated rings. The molecule has 0 unspecified atom stereocenters. The summed E-state index contributed by atoms with van der Waals surface area (Å²) in [5.74, 6) is 9.45. The van der Waals surface area contributed by atoms with Crippen molar-refractivity contribution in [3.05, 3.63) is 42.2 Å². The number of hydrogen-bond donors (Lipinski definition) is 0. The van der Waals surface area contributed by atoms with Crippen LogP contribution in [-0.4, -0.2) is 208 Å². The number of amidine groups is 2. The minimum absolute atomic E-state index is 0. The second-order valence-electron chi connectivity index (χ2n) is 37.8. The van der Waals surface area contributed by atoms with Gasteiger partial charge in [-0.05, 0) is 162 Å². The van der Waals surface area contributed by atoms with Gasteiger partial charge in [-0.1, -0.05) is 190 Å². The summed E-state index contributed by atoms with van der Waals surface area (Å²) >= 11 is 39.9. The van der Waals surface area contributed by atoms with Crippen LogP contribution in [0.4, 0.5) is 11.6 Å². The molecule has 4 aromatic carbocycles. The van der Waals surface area contributed by atoms with Crippen molar-refractivity contribution in [1.29, 1.82) is 0 Å². The van der Waals surface area contributed by atoms with Crippen molar-refractivity contribution in [3.8, 4) is 51.8 Å². The van der Waals surface area contributed by atoms with Crippen molar-refractivity contribution in [2.24, 2.45) is 67.3 Å². The molecule has 6 bridgehead atoms. The molecule has 128 heavy (non-hydrogen) atoms. The maximum atomic E-state index is 8.35. The fourth-order valence-corrected chi connectivity index (χ4v) is 21.2. The zero-order chi connectivity index (χ0) is 92.5. The number of halogens is 4. The van der Waals surface area contributed by atoms with E-state index in [-0.39, 0.29) is 103 Å². The third-order valence-electron chi connectivity index (χ3n) is 24.7. The summed E-state index contributed by atoms with van der Waals surface area (Å²) in [6.45, 7) is 66.0. The molecule has 715 valence electrons. The van der Waals surface area contributed by atoms with Crippen LogP contribution in [0, 0.1) is 47.3 Å². The maximum absolute atomic E-state index is 8.35. The molecule has 0 amide bonds. The van der Waals surface area contributed by atoms with E-state index in [2.05, 4.69) is 190 Å². The number of nitrogens with zero attached hydrogens (tertiary/aromatic N) is 12. The molecular formula is C98H152Cl4N12O9S4V. The van der Waals surface area contributed by atoms with Crippen LogP contribution in [0.5, 0.6) is 46.0 Å². The molecule has 4 aliphatic rings. The normalized spacial score (nSPS) is 13.2. The molecular weight excluding hydrogens is 1810 g/mol. The molecule has 1 radical (unpaired) electrons. The molecule has 0 atom stereocenters. The van der Waals surface area contributed by atoms with Gasteiger partial charge >= 0.3 is 0 Å². The van der Waals surface area contributed by atoms with E-state index >= 15 is 0 Å². The molecule has 0 N–H and O–H groups in total. The zero-order valence-electron chi connectivity index (χ0n) is 83.9. The van der Waals surface area contributed by atoms with E-state index in [1.54, 1.807) is 56.4 Å². The van der Waals surface area contributed by atoms with E-state index in [0.717, 1.165) is 100 Å². The van der Waals surface area contributed by atoms with E-state index in [0.29, 0.717) is 255 Å². The molecule has 10 rings (SSSR count). The molecule has 6 heterocycles. The van der Waals surface area contributed by atoms with Gasteiger partial charge in [-0.25, -0.2) is 4.99 Å². The van der Waals surface area contributed by atoms with Gasteiger partial charge in [0.05, 0.1) is 154 Å². The fraction of sp³-hybridized carbons (Fsp3) is 0.673. The minimum atomic E-state index is 0. The summed E-state index contributed by atoms with van der Waals surface area (Å²) in [6.07, 6.45) is 5.68. The van der Waals surface area contributed by atoms with Gasteiger partial charge in [-0.3, -0.25) is 0 Å². The Morgan fingerprint density at radius 1 is 0.383 bits per heavy atom. The molecule has 30 heteroatoms. The number of thioether (sulfide) groups is 4. The van der Waals surface area contributed by atoms with Gasteiger partial charge in [0.1, 0.15) is 65.0 Å². The first-order valence-electron chi connectivity index (χ1n) is 47.5. The predicted molar refractivity (Wildman–Crippen MR) is 538 cm³/mol. The largest absolute Gasteiger partial charge is 1.00 e. The van der Waals surface area contributed by atoms with E-state index in [4.69, 9.17) is 119 Å². The summed E-state index contributed by atoms with van der Waals surface area (Å²) in [5, 5.41) is 4.48. The molecule has 2 aromatic heterocycles. The third-order valence-corrected chi connectivity index (χ3v) is 30.8. The molecule has 21 nitrogen and oxygen atoms in total. The van der Waals surface area contributed by atoms with Gasteiger partial charge in [0, 0.05) is 65.5 Å². The standard InChI is InChI=1S/C98H150Cl4N12O9S4.V.2H/c1-27-109(28-2)43-55-124-87-75(99)80(116-48-36-60(11)12)68-69(83(87)119-51-39-63(17)18)92-103-91-67-70(84(120-52-40-64(19)20)88(126-57-45-113(25,31-5)32-6)76(100)79(67)115-47-35-59(9)10)94(104-91)107-95-71-74(86(122-54-42-66(23)24)89(125-56-44-110(29-3)30-4)77(101)81(71)117-49-37-61(13)14)98-108-97-72-73(96(106-93(68)105-92)112(97)123-111(95)98)85(121-53-41-65(21)22)90(127-58-46-114(26,33-7)34-8)78(102)82(72)118-50-38-62(15)16;;;/h59-66H,27-58H2,1-26H3;;;/q+2;;2*-1/i;;2*1+2. The number of aliphatic imine (C=N–C) groups is 2. The second-order valence-corrected chi connectivity index (χ2v) is 43.7.